The van der Waals surface area contributed by atoms with Crippen LogP contribution in [0.3, 0.4) is 0 Å². The predicted molar refractivity (Wildman–Crippen MR) is 97.3 cm³/mol. The molecule has 1 aromatic rings. The summed E-state index contributed by atoms with van der Waals surface area (Å²) in [6, 6.07) is 7.36. The van der Waals surface area contributed by atoms with E-state index in [1.54, 1.807) is 12.1 Å². The summed E-state index contributed by atoms with van der Waals surface area (Å²) in [5, 5.41) is 5.85. The number of amides is 2. The molecule has 1 heterocycles. The number of benzene rings is 1. The number of nitrogens with one attached hydrogen (secondary N) is 2. The highest BCUT2D eigenvalue weighted by Crippen LogP contribution is 2.14. The van der Waals surface area contributed by atoms with E-state index in [1.807, 2.05) is 12.1 Å². The minimum atomic E-state index is -0.0623. The van der Waals surface area contributed by atoms with Gasteiger partial charge in [-0.05, 0) is 30.8 Å². The average molecular weight is 347 g/mol. The molecule has 0 unspecified atom stereocenters. The van der Waals surface area contributed by atoms with E-state index in [1.165, 1.54) is 0 Å². The van der Waals surface area contributed by atoms with Gasteiger partial charge in [0, 0.05) is 37.5 Å². The summed E-state index contributed by atoms with van der Waals surface area (Å²) in [6.45, 7) is 9.55. The van der Waals surface area contributed by atoms with Crippen molar-refractivity contribution in [1.82, 2.24) is 15.5 Å². The van der Waals surface area contributed by atoms with Crippen LogP contribution in [0.25, 0.3) is 0 Å². The molecule has 2 amide bonds. The molecule has 1 aromatic carbocycles. The normalized spacial score (nSPS) is 14.2. The summed E-state index contributed by atoms with van der Waals surface area (Å²) in [6.07, 6.45) is 0.521. The summed E-state index contributed by atoms with van der Waals surface area (Å²) in [7, 11) is 0. The van der Waals surface area contributed by atoms with Crippen molar-refractivity contribution in [3.8, 4) is 0 Å². The van der Waals surface area contributed by atoms with Crippen molar-refractivity contribution >= 4 is 11.8 Å². The number of nitrogens with zero attached hydrogens (tertiary/aromatic N) is 1. The third-order valence-corrected chi connectivity index (χ3v) is 4.49. The minimum Gasteiger partial charge on any atom is -0.381 e. The molecule has 6 nitrogen and oxygen atoms in total. The Morgan fingerprint density at radius 3 is 2.36 bits per heavy atom. The second kappa shape index (κ2) is 10.2. The smallest absolute Gasteiger partial charge is 0.251 e. The van der Waals surface area contributed by atoms with Gasteiger partial charge in [-0.1, -0.05) is 26.0 Å². The van der Waals surface area contributed by atoms with Crippen molar-refractivity contribution in [2.75, 3.05) is 39.4 Å². The molecule has 0 radical (unpaired) electrons. The quantitative estimate of drug-likeness (QED) is 0.671. The van der Waals surface area contributed by atoms with Crippen molar-refractivity contribution in [3.05, 3.63) is 35.4 Å². The van der Waals surface area contributed by atoms with Gasteiger partial charge >= 0.3 is 0 Å². The number of rotatable bonds is 10. The van der Waals surface area contributed by atoms with Crippen LogP contribution in [0.1, 0.15) is 36.2 Å². The lowest BCUT2D eigenvalue weighted by Crippen LogP contribution is -2.34. The molecule has 1 aliphatic rings. The fraction of sp³-hybridized carbons (Fsp3) is 0.579. The Morgan fingerprint density at radius 1 is 1.12 bits per heavy atom. The van der Waals surface area contributed by atoms with Crippen LogP contribution in [0.4, 0.5) is 0 Å². The van der Waals surface area contributed by atoms with Crippen molar-refractivity contribution in [2.45, 2.75) is 26.8 Å². The number of hydrogen-bond donors (Lipinski definition) is 2. The number of ether oxygens (including phenoxy) is 1. The Kier molecular flexibility index (Phi) is 7.88. The summed E-state index contributed by atoms with van der Waals surface area (Å²) in [5.74, 6) is 0.349. The van der Waals surface area contributed by atoms with Gasteiger partial charge in [0.15, 0.2) is 0 Å². The van der Waals surface area contributed by atoms with Gasteiger partial charge < -0.3 is 20.3 Å². The fourth-order valence-corrected chi connectivity index (χ4v) is 2.68. The maximum absolute atomic E-state index is 12.1. The molecule has 138 valence electrons. The molecule has 0 spiro atoms. The van der Waals surface area contributed by atoms with E-state index >= 15 is 0 Å². The molecule has 1 aliphatic heterocycles. The van der Waals surface area contributed by atoms with E-state index in [0.717, 1.165) is 25.2 Å². The fourth-order valence-electron chi connectivity index (χ4n) is 2.68. The monoisotopic (exact) mass is 347 g/mol. The third kappa shape index (κ3) is 6.48. The largest absolute Gasteiger partial charge is 0.381 e. The van der Waals surface area contributed by atoms with Gasteiger partial charge in [-0.25, -0.2) is 0 Å². The summed E-state index contributed by atoms with van der Waals surface area (Å²) >= 11 is 0. The predicted octanol–water partition coefficient (Wildman–Crippen LogP) is 1.41. The molecular weight excluding hydrogens is 318 g/mol. The Bertz CT molecular complexity index is 552. The summed E-state index contributed by atoms with van der Waals surface area (Å²) < 4.78 is 5.07. The Labute approximate surface area is 149 Å². The lowest BCUT2D eigenvalue weighted by Gasteiger charge is -2.25. The molecule has 0 bridgehead atoms. The zero-order chi connectivity index (χ0) is 18.1. The lowest BCUT2D eigenvalue weighted by atomic mass is 10.0. The molecule has 0 atom stereocenters. The SMILES string of the molecule is CCN(CC)CCNC(=O)c1ccc(CNC(=O)CC2COC2)cc1. The van der Waals surface area contributed by atoms with Gasteiger partial charge in [0.1, 0.15) is 0 Å². The molecule has 25 heavy (non-hydrogen) atoms. The second-order valence-electron chi connectivity index (χ2n) is 6.36. The molecule has 0 saturated carbocycles. The molecule has 0 aliphatic carbocycles. The molecule has 6 heteroatoms. The minimum absolute atomic E-state index is 0.0477. The average Bonchev–Trinajstić information content (AvgIpc) is 2.60. The van der Waals surface area contributed by atoms with E-state index in [0.29, 0.717) is 44.2 Å². The highest BCUT2D eigenvalue weighted by molar-refractivity contribution is 5.94. The van der Waals surface area contributed by atoms with Gasteiger partial charge in [0.2, 0.25) is 5.91 Å². The van der Waals surface area contributed by atoms with E-state index in [4.69, 9.17) is 4.74 Å². The first-order valence-corrected chi connectivity index (χ1v) is 9.06. The number of hydrogen-bond acceptors (Lipinski definition) is 4. The zero-order valence-corrected chi connectivity index (χ0v) is 15.2. The molecule has 0 aromatic heterocycles. The highest BCUT2D eigenvalue weighted by atomic mass is 16.5. The van der Waals surface area contributed by atoms with Gasteiger partial charge in [-0.3, -0.25) is 9.59 Å². The first-order valence-electron chi connectivity index (χ1n) is 9.06. The first kappa shape index (κ1) is 19.4. The van der Waals surface area contributed by atoms with Crippen molar-refractivity contribution < 1.29 is 14.3 Å². The van der Waals surface area contributed by atoms with Crippen molar-refractivity contribution in [2.24, 2.45) is 5.92 Å². The van der Waals surface area contributed by atoms with Gasteiger partial charge in [0.05, 0.1) is 13.2 Å². The molecule has 1 fully saturated rings. The van der Waals surface area contributed by atoms with E-state index in [-0.39, 0.29) is 11.8 Å². The Hall–Kier alpha value is -1.92. The maximum Gasteiger partial charge on any atom is 0.251 e. The van der Waals surface area contributed by atoms with Crippen molar-refractivity contribution in [1.29, 1.82) is 0 Å². The van der Waals surface area contributed by atoms with E-state index < -0.39 is 0 Å². The van der Waals surface area contributed by atoms with Crippen LogP contribution in [0.5, 0.6) is 0 Å². The van der Waals surface area contributed by atoms with Crippen LogP contribution in [0.15, 0.2) is 24.3 Å². The zero-order valence-electron chi connectivity index (χ0n) is 15.2. The molecule has 1 saturated heterocycles. The van der Waals surface area contributed by atoms with E-state index in [9.17, 15) is 9.59 Å². The summed E-state index contributed by atoms with van der Waals surface area (Å²) in [5.41, 5.74) is 1.62. The topological polar surface area (TPSA) is 70.7 Å². The first-order chi connectivity index (χ1) is 12.1. The Balaban J connectivity index is 1.70. The molecular formula is C19H29N3O3. The van der Waals surface area contributed by atoms with Crippen LogP contribution in [0.2, 0.25) is 0 Å². The maximum atomic E-state index is 12.1. The van der Waals surface area contributed by atoms with Crippen LogP contribution in [-0.2, 0) is 16.1 Å². The standard InChI is InChI=1S/C19H29N3O3/c1-3-22(4-2)10-9-20-19(24)17-7-5-15(6-8-17)12-21-18(23)11-16-13-25-14-16/h5-8,16H,3-4,9-14H2,1-2H3,(H,20,24)(H,21,23). The van der Waals surface area contributed by atoms with Gasteiger partial charge in [-0.2, -0.15) is 0 Å². The highest BCUT2D eigenvalue weighted by Gasteiger charge is 2.21. The Morgan fingerprint density at radius 2 is 1.80 bits per heavy atom. The lowest BCUT2D eigenvalue weighted by molar-refractivity contribution is -0.126. The van der Waals surface area contributed by atoms with Crippen LogP contribution in [0, 0.1) is 5.92 Å². The number of carbonyl (C=O) groups excluding carboxylic acids is 2. The van der Waals surface area contributed by atoms with Gasteiger partial charge in [-0.15, -0.1) is 0 Å². The third-order valence-electron chi connectivity index (χ3n) is 4.49. The second-order valence-corrected chi connectivity index (χ2v) is 6.36. The van der Waals surface area contributed by atoms with Crippen molar-refractivity contribution in [3.63, 3.8) is 0 Å². The van der Waals surface area contributed by atoms with Gasteiger partial charge in [0.25, 0.3) is 5.91 Å². The molecule has 2 rings (SSSR count). The van der Waals surface area contributed by atoms with Crippen LogP contribution in [-0.4, -0.2) is 56.1 Å². The van der Waals surface area contributed by atoms with Crippen LogP contribution < -0.4 is 10.6 Å². The number of likely N-dealkylation sites (N-methyl/N-ethyl adjacent to an activating group) is 1. The van der Waals surface area contributed by atoms with E-state index in [2.05, 4.69) is 29.4 Å². The molecule has 2 N–H and O–H groups in total. The van der Waals surface area contributed by atoms with Crippen LogP contribution >= 0.6 is 0 Å². The summed E-state index contributed by atoms with van der Waals surface area (Å²) in [4.78, 5) is 26.2. The number of carbonyl (C=O) groups is 2.